The monoisotopic (exact) mass is 748 g/mol. The average Bonchev–Trinajstić information content (AvgIpc) is 3.05. The Morgan fingerprint density at radius 2 is 0.667 bits per heavy atom. The van der Waals surface area contributed by atoms with Gasteiger partial charge >= 0.3 is 0 Å². The maximum Gasteiger partial charge on any atom is 0.219 e. The van der Waals surface area contributed by atoms with Gasteiger partial charge in [0.25, 0.3) is 0 Å². The number of aliphatic hydroxyl groups excluding tert-OH is 1. The molecule has 0 fully saturated rings. The van der Waals surface area contributed by atoms with Gasteiger partial charge in [0.2, 0.25) is 6.23 Å². The van der Waals surface area contributed by atoms with Crippen LogP contribution in [0.1, 0.15) is 226 Å². The van der Waals surface area contributed by atoms with Gasteiger partial charge in [0, 0.05) is 6.61 Å². The Balaban J connectivity index is 0. The lowest BCUT2D eigenvalue weighted by Gasteiger charge is -2.40. The number of quaternary nitrogens is 1. The van der Waals surface area contributed by atoms with Gasteiger partial charge in [-0.2, -0.15) is 0 Å². The van der Waals surface area contributed by atoms with Crippen molar-refractivity contribution in [2.75, 3.05) is 40.5 Å². The number of nitrogens with zero attached hydrogens (tertiary/aromatic N) is 1. The summed E-state index contributed by atoms with van der Waals surface area (Å²) in [6.45, 7) is 9.24. The first-order valence-corrected chi connectivity index (χ1v) is 21.7. The van der Waals surface area contributed by atoms with Gasteiger partial charge in [0.15, 0.2) is 0 Å². The first kappa shape index (κ1) is 50.4. The van der Waals surface area contributed by atoms with Crippen molar-refractivity contribution in [2.24, 2.45) is 0 Å². The number of ether oxygens (including phenoxy) is 2. The SMILES string of the molecule is CCCCCCCCCCCCCCCCCCOC(C)C(OCCCCCCCCCCCCCCCCCC)[N+](C)(C)CCO.[Br-]. The van der Waals surface area contributed by atoms with E-state index in [9.17, 15) is 5.11 Å². The molecule has 48 heavy (non-hydrogen) atoms. The lowest BCUT2D eigenvalue weighted by molar-refractivity contribution is -0.941. The van der Waals surface area contributed by atoms with E-state index < -0.39 is 0 Å². The average molecular weight is 749 g/mol. The van der Waals surface area contributed by atoms with Crippen molar-refractivity contribution in [1.82, 2.24) is 0 Å². The molecule has 0 saturated heterocycles. The van der Waals surface area contributed by atoms with Crippen LogP contribution in [0.4, 0.5) is 0 Å². The van der Waals surface area contributed by atoms with Crippen molar-refractivity contribution >= 4 is 0 Å². The molecule has 0 aliphatic carbocycles. The molecule has 1 N–H and O–H groups in total. The summed E-state index contributed by atoms with van der Waals surface area (Å²) in [6.07, 6.45) is 44.5. The van der Waals surface area contributed by atoms with Crippen LogP contribution in [0.5, 0.6) is 0 Å². The fourth-order valence-electron chi connectivity index (χ4n) is 7.15. The van der Waals surface area contributed by atoms with Gasteiger partial charge in [-0.05, 0) is 19.8 Å². The van der Waals surface area contributed by atoms with Crippen molar-refractivity contribution in [3.63, 3.8) is 0 Å². The predicted octanol–water partition coefficient (Wildman–Crippen LogP) is 10.3. The standard InChI is InChI=1S/C43H90NO3.BrH/c1-6-8-10-12-14-16-18-20-22-24-26-28-30-32-34-36-40-46-42(3)43(44(4,5)38-39-45)47-41-37-35-33-31-29-27-25-23-21-19-17-15-13-11-9-7-2;/h42-43,45H,6-41H2,1-5H3;1H/q+1;/p-1. The Hall–Kier alpha value is 0.320. The van der Waals surface area contributed by atoms with Crippen LogP contribution in [0, 0.1) is 0 Å². The van der Waals surface area contributed by atoms with Gasteiger partial charge in [-0.15, -0.1) is 0 Å². The van der Waals surface area contributed by atoms with E-state index in [-0.39, 0.29) is 35.9 Å². The molecule has 2 atom stereocenters. The van der Waals surface area contributed by atoms with Crippen molar-refractivity contribution in [2.45, 2.75) is 239 Å². The van der Waals surface area contributed by atoms with E-state index in [1.807, 2.05) is 0 Å². The second kappa shape index (κ2) is 40.1. The Morgan fingerprint density at radius 1 is 0.417 bits per heavy atom. The molecule has 0 heterocycles. The van der Waals surface area contributed by atoms with E-state index in [2.05, 4.69) is 34.9 Å². The van der Waals surface area contributed by atoms with Gasteiger partial charge in [0.1, 0.15) is 12.6 Å². The van der Waals surface area contributed by atoms with Gasteiger partial charge in [-0.25, -0.2) is 0 Å². The minimum absolute atomic E-state index is 0. The number of unbranched alkanes of at least 4 members (excludes halogenated alkanes) is 30. The molecule has 2 unspecified atom stereocenters. The molecule has 0 aliphatic heterocycles. The van der Waals surface area contributed by atoms with E-state index in [4.69, 9.17) is 9.47 Å². The van der Waals surface area contributed by atoms with Crippen LogP contribution in [0.25, 0.3) is 0 Å². The number of halogens is 1. The number of rotatable bonds is 40. The van der Waals surface area contributed by atoms with E-state index in [1.54, 1.807) is 0 Å². The van der Waals surface area contributed by atoms with Crippen molar-refractivity contribution in [3.8, 4) is 0 Å². The normalized spacial score (nSPS) is 13.1. The zero-order valence-corrected chi connectivity index (χ0v) is 35.3. The molecule has 292 valence electrons. The largest absolute Gasteiger partial charge is 1.00 e. The fourth-order valence-corrected chi connectivity index (χ4v) is 7.15. The van der Waals surface area contributed by atoms with E-state index in [0.717, 1.165) is 26.1 Å². The highest BCUT2D eigenvalue weighted by Gasteiger charge is 2.34. The second-order valence-electron chi connectivity index (χ2n) is 15.7. The quantitative estimate of drug-likeness (QED) is 0.0385. The third-order valence-electron chi connectivity index (χ3n) is 10.4. The third-order valence-corrected chi connectivity index (χ3v) is 10.4. The van der Waals surface area contributed by atoms with Crippen molar-refractivity contribution in [1.29, 1.82) is 0 Å². The number of aliphatic hydroxyl groups is 1. The molecule has 0 amide bonds. The summed E-state index contributed by atoms with van der Waals surface area (Å²) in [5.41, 5.74) is 0. The highest BCUT2D eigenvalue weighted by molar-refractivity contribution is 4.59. The number of hydrogen-bond donors (Lipinski definition) is 1. The Morgan fingerprint density at radius 3 is 0.938 bits per heavy atom. The maximum absolute atomic E-state index is 9.67. The molecular weight excluding hydrogens is 658 g/mol. The molecule has 0 spiro atoms. The Bertz CT molecular complexity index is 590. The van der Waals surface area contributed by atoms with Crippen molar-refractivity contribution in [3.05, 3.63) is 0 Å². The smallest absolute Gasteiger partial charge is 0.219 e. The second-order valence-corrected chi connectivity index (χ2v) is 15.7. The first-order valence-electron chi connectivity index (χ1n) is 21.7. The lowest BCUT2D eigenvalue weighted by atomic mass is 10.0. The van der Waals surface area contributed by atoms with Gasteiger partial charge < -0.3 is 31.6 Å². The summed E-state index contributed by atoms with van der Waals surface area (Å²) in [7, 11) is 4.34. The molecule has 0 saturated carbocycles. The highest BCUT2D eigenvalue weighted by Crippen LogP contribution is 2.19. The van der Waals surface area contributed by atoms with E-state index >= 15 is 0 Å². The van der Waals surface area contributed by atoms with E-state index in [1.165, 1.54) is 193 Å². The van der Waals surface area contributed by atoms with Crippen LogP contribution in [0.3, 0.4) is 0 Å². The zero-order valence-electron chi connectivity index (χ0n) is 33.7. The summed E-state index contributed by atoms with van der Waals surface area (Å²) < 4.78 is 13.4. The minimum atomic E-state index is -0.0282. The van der Waals surface area contributed by atoms with E-state index in [0.29, 0.717) is 11.0 Å². The zero-order chi connectivity index (χ0) is 34.5. The molecule has 4 nitrogen and oxygen atoms in total. The highest BCUT2D eigenvalue weighted by atomic mass is 79.9. The maximum atomic E-state index is 9.67. The van der Waals surface area contributed by atoms with Gasteiger partial charge in [-0.3, -0.25) is 4.48 Å². The summed E-state index contributed by atoms with van der Waals surface area (Å²) in [4.78, 5) is 0. The summed E-state index contributed by atoms with van der Waals surface area (Å²) >= 11 is 0. The molecule has 0 radical (unpaired) electrons. The summed E-state index contributed by atoms with van der Waals surface area (Å²) in [5.74, 6) is 0. The third kappa shape index (κ3) is 34.8. The molecule has 0 rings (SSSR count). The molecule has 0 aromatic carbocycles. The molecule has 0 aromatic rings. The summed E-state index contributed by atoms with van der Waals surface area (Å²) in [5, 5.41) is 9.67. The van der Waals surface area contributed by atoms with Crippen LogP contribution >= 0.6 is 0 Å². The molecule has 0 aromatic heterocycles. The van der Waals surface area contributed by atoms with Crippen LogP contribution in [-0.4, -0.2) is 62.4 Å². The fraction of sp³-hybridized carbons (Fsp3) is 1.00. The molecule has 0 aliphatic rings. The minimum Gasteiger partial charge on any atom is -1.00 e. The number of likely N-dealkylation sites (N-methyl/N-ethyl adjacent to an activating group) is 1. The molecular formula is C43H90BrNO3. The predicted molar refractivity (Wildman–Crippen MR) is 208 cm³/mol. The van der Waals surface area contributed by atoms with Crippen LogP contribution < -0.4 is 17.0 Å². The molecule has 5 heteroatoms. The van der Waals surface area contributed by atoms with Crippen LogP contribution in [0.15, 0.2) is 0 Å². The summed E-state index contributed by atoms with van der Waals surface area (Å²) in [6, 6.07) is 0. The van der Waals surface area contributed by atoms with Crippen LogP contribution in [-0.2, 0) is 9.47 Å². The van der Waals surface area contributed by atoms with Crippen molar-refractivity contribution < 1.29 is 36.0 Å². The topological polar surface area (TPSA) is 38.7 Å². The van der Waals surface area contributed by atoms with Gasteiger partial charge in [-0.1, -0.05) is 206 Å². The first-order chi connectivity index (χ1) is 23.0. The number of hydrogen-bond acceptors (Lipinski definition) is 3. The van der Waals surface area contributed by atoms with Gasteiger partial charge in [0.05, 0.1) is 27.3 Å². The Labute approximate surface area is 314 Å². The Kier molecular flexibility index (Phi) is 42.1. The van der Waals surface area contributed by atoms with Crippen LogP contribution in [0.2, 0.25) is 0 Å². The lowest BCUT2D eigenvalue weighted by Crippen LogP contribution is -3.00. The molecule has 0 bridgehead atoms.